The van der Waals surface area contributed by atoms with Crippen LogP contribution in [0.1, 0.15) is 40.3 Å². The third-order valence-electron chi connectivity index (χ3n) is 5.79. The number of benzene rings is 3. The van der Waals surface area contributed by atoms with Gasteiger partial charge in [-0.2, -0.15) is 5.10 Å². The summed E-state index contributed by atoms with van der Waals surface area (Å²) in [5.74, 6) is -0.409. The molecule has 3 aromatic carbocycles. The molecule has 3 aromatic rings. The van der Waals surface area contributed by atoms with Crippen LogP contribution in [0.25, 0.3) is 0 Å². The Morgan fingerprint density at radius 1 is 1.06 bits per heavy atom. The molecule has 0 saturated carbocycles. The molecule has 0 unspecified atom stereocenters. The number of hydrazone groups is 1. The van der Waals surface area contributed by atoms with Crippen LogP contribution >= 0.6 is 0 Å². The molecule has 0 bridgehead atoms. The highest BCUT2D eigenvalue weighted by Gasteiger charge is 2.34. The lowest BCUT2D eigenvalue weighted by atomic mass is 9.95. The number of halogens is 1. The topological polar surface area (TPSA) is 35.9 Å². The van der Waals surface area contributed by atoms with Crippen LogP contribution in [-0.2, 0) is 11.3 Å². The number of hydrogen-bond acceptors (Lipinski definition) is 3. The van der Waals surface area contributed by atoms with Gasteiger partial charge in [-0.05, 0) is 49.7 Å². The van der Waals surface area contributed by atoms with E-state index in [-0.39, 0.29) is 24.3 Å². The lowest BCUT2D eigenvalue weighted by Gasteiger charge is -2.25. The van der Waals surface area contributed by atoms with Crippen LogP contribution in [0.15, 0.2) is 77.9 Å². The molecule has 1 aliphatic rings. The van der Waals surface area contributed by atoms with Crippen molar-refractivity contribution in [3.8, 4) is 0 Å². The number of hydrogen-bond donors (Lipinski definition) is 0. The monoisotopic (exact) mass is 429 g/mol. The van der Waals surface area contributed by atoms with Gasteiger partial charge in [0.2, 0.25) is 0 Å². The van der Waals surface area contributed by atoms with Crippen LogP contribution in [0.2, 0.25) is 0 Å². The summed E-state index contributed by atoms with van der Waals surface area (Å²) in [4.78, 5) is 15.3. The Morgan fingerprint density at radius 2 is 1.84 bits per heavy atom. The highest BCUT2D eigenvalue weighted by Crippen LogP contribution is 2.34. The van der Waals surface area contributed by atoms with Crippen LogP contribution in [0.3, 0.4) is 0 Å². The molecule has 4 nitrogen and oxygen atoms in total. The van der Waals surface area contributed by atoms with E-state index in [1.165, 1.54) is 17.7 Å². The quantitative estimate of drug-likeness (QED) is 0.536. The van der Waals surface area contributed by atoms with Crippen LogP contribution in [0.5, 0.6) is 0 Å². The highest BCUT2D eigenvalue weighted by atomic mass is 19.1. The van der Waals surface area contributed by atoms with Gasteiger partial charge in [-0.1, -0.05) is 66.2 Å². The van der Waals surface area contributed by atoms with Gasteiger partial charge in [0, 0.05) is 18.5 Å². The molecule has 1 heterocycles. The summed E-state index contributed by atoms with van der Waals surface area (Å²) in [5.41, 5.74) is 6.10. The van der Waals surface area contributed by atoms with Gasteiger partial charge in [0.15, 0.2) is 0 Å². The average molecular weight is 430 g/mol. The van der Waals surface area contributed by atoms with Crippen molar-refractivity contribution < 1.29 is 9.18 Å². The van der Waals surface area contributed by atoms with Gasteiger partial charge in [0.25, 0.3) is 5.91 Å². The van der Waals surface area contributed by atoms with Crippen molar-refractivity contribution in [1.29, 1.82) is 0 Å². The van der Waals surface area contributed by atoms with E-state index in [0.29, 0.717) is 13.0 Å². The van der Waals surface area contributed by atoms with E-state index in [2.05, 4.69) is 32.0 Å². The van der Waals surface area contributed by atoms with Crippen molar-refractivity contribution in [2.45, 2.75) is 32.9 Å². The Morgan fingerprint density at radius 3 is 2.56 bits per heavy atom. The summed E-state index contributed by atoms with van der Waals surface area (Å²) in [6, 6.07) is 22.4. The number of amides is 1. The van der Waals surface area contributed by atoms with Gasteiger partial charge in [-0.3, -0.25) is 9.69 Å². The molecular weight excluding hydrogens is 401 g/mol. The van der Waals surface area contributed by atoms with E-state index in [0.717, 1.165) is 28.0 Å². The molecule has 164 valence electrons. The van der Waals surface area contributed by atoms with E-state index >= 15 is 0 Å². The molecule has 32 heavy (non-hydrogen) atoms. The fourth-order valence-electron chi connectivity index (χ4n) is 4.27. The molecule has 5 heteroatoms. The maximum Gasteiger partial charge on any atom is 0.257 e. The van der Waals surface area contributed by atoms with Gasteiger partial charge in [-0.15, -0.1) is 0 Å². The predicted octanol–water partition coefficient (Wildman–Crippen LogP) is 5.25. The van der Waals surface area contributed by atoms with E-state index in [4.69, 9.17) is 5.10 Å². The molecule has 1 aliphatic heterocycles. The summed E-state index contributed by atoms with van der Waals surface area (Å²) in [6.45, 7) is 5.00. The maximum absolute atomic E-state index is 14.0. The third kappa shape index (κ3) is 4.94. The standard InChI is InChI=1S/C27H28FN3O/c1-19-12-13-24(20(2)14-19)25-16-26(22-10-7-11-23(28)15-22)31(29-25)27(32)18-30(3)17-21-8-5-4-6-9-21/h4-15,26H,16-18H2,1-3H3/t26-/m0/s1. The van der Waals surface area contributed by atoms with Gasteiger partial charge in [0.1, 0.15) is 5.82 Å². The van der Waals surface area contributed by atoms with Crippen LogP contribution in [-0.4, -0.2) is 35.1 Å². The first-order valence-corrected chi connectivity index (χ1v) is 10.9. The number of carbonyl (C=O) groups excluding carboxylic acids is 1. The second-order valence-electron chi connectivity index (χ2n) is 8.54. The smallest absolute Gasteiger partial charge is 0.257 e. The molecule has 0 N–H and O–H groups in total. The first-order valence-electron chi connectivity index (χ1n) is 10.9. The molecule has 1 amide bonds. The Balaban J connectivity index is 1.60. The molecular formula is C27H28FN3O. The molecule has 0 fully saturated rings. The summed E-state index contributed by atoms with van der Waals surface area (Å²) in [6.07, 6.45) is 0.557. The Labute approximate surface area is 189 Å². The summed E-state index contributed by atoms with van der Waals surface area (Å²) in [5, 5.41) is 6.29. The van der Waals surface area contributed by atoms with Crippen molar-refractivity contribution in [2.75, 3.05) is 13.6 Å². The zero-order chi connectivity index (χ0) is 22.7. The van der Waals surface area contributed by atoms with Crippen molar-refractivity contribution in [3.05, 3.63) is 106 Å². The predicted molar refractivity (Wildman–Crippen MR) is 126 cm³/mol. The summed E-state index contributed by atoms with van der Waals surface area (Å²) < 4.78 is 14.0. The van der Waals surface area contributed by atoms with Gasteiger partial charge in [0.05, 0.1) is 18.3 Å². The number of aryl methyl sites for hydroxylation is 2. The maximum atomic E-state index is 14.0. The normalized spacial score (nSPS) is 15.8. The Hall–Kier alpha value is -3.31. The lowest BCUT2D eigenvalue weighted by molar-refractivity contribution is -0.134. The van der Waals surface area contributed by atoms with E-state index in [1.807, 2.05) is 48.3 Å². The third-order valence-corrected chi connectivity index (χ3v) is 5.79. The van der Waals surface area contributed by atoms with Crippen LogP contribution < -0.4 is 0 Å². The minimum atomic E-state index is -0.320. The van der Waals surface area contributed by atoms with E-state index in [1.54, 1.807) is 11.1 Å². The van der Waals surface area contributed by atoms with Crippen molar-refractivity contribution in [3.63, 3.8) is 0 Å². The average Bonchev–Trinajstić information content (AvgIpc) is 3.20. The molecule has 0 saturated heterocycles. The molecule has 0 aromatic heterocycles. The zero-order valence-electron chi connectivity index (χ0n) is 18.8. The van der Waals surface area contributed by atoms with Crippen molar-refractivity contribution in [2.24, 2.45) is 5.10 Å². The number of rotatable bonds is 6. The first-order chi connectivity index (χ1) is 15.4. The molecule has 0 radical (unpaired) electrons. The van der Waals surface area contributed by atoms with Gasteiger partial charge >= 0.3 is 0 Å². The van der Waals surface area contributed by atoms with Gasteiger partial charge < -0.3 is 0 Å². The van der Waals surface area contributed by atoms with Gasteiger partial charge in [-0.25, -0.2) is 9.40 Å². The lowest BCUT2D eigenvalue weighted by Crippen LogP contribution is -2.36. The molecule has 0 spiro atoms. The largest absolute Gasteiger partial charge is 0.293 e. The molecule has 0 aliphatic carbocycles. The second kappa shape index (κ2) is 9.45. The fourth-order valence-corrected chi connectivity index (χ4v) is 4.27. The number of carbonyl (C=O) groups is 1. The summed E-state index contributed by atoms with van der Waals surface area (Å²) >= 11 is 0. The highest BCUT2D eigenvalue weighted by molar-refractivity contribution is 6.04. The fraction of sp³-hybridized carbons (Fsp3) is 0.259. The Bertz CT molecular complexity index is 1140. The van der Waals surface area contributed by atoms with E-state index in [9.17, 15) is 9.18 Å². The second-order valence-corrected chi connectivity index (χ2v) is 8.54. The SMILES string of the molecule is Cc1ccc(C2=NN(C(=O)CN(C)Cc3ccccc3)[C@H](c3cccc(F)c3)C2)c(C)c1. The van der Waals surface area contributed by atoms with Crippen LogP contribution in [0, 0.1) is 19.7 Å². The van der Waals surface area contributed by atoms with Crippen molar-refractivity contribution in [1.82, 2.24) is 9.91 Å². The number of nitrogens with zero attached hydrogens (tertiary/aromatic N) is 3. The first kappa shape index (κ1) is 21.9. The molecule has 1 atom stereocenters. The van der Waals surface area contributed by atoms with E-state index < -0.39 is 0 Å². The minimum Gasteiger partial charge on any atom is -0.293 e. The summed E-state index contributed by atoms with van der Waals surface area (Å²) in [7, 11) is 1.92. The zero-order valence-corrected chi connectivity index (χ0v) is 18.8. The van der Waals surface area contributed by atoms with Crippen LogP contribution in [0.4, 0.5) is 4.39 Å². The Kier molecular flexibility index (Phi) is 6.47. The molecule has 4 rings (SSSR count). The number of likely N-dealkylation sites (N-methyl/N-ethyl adjacent to an activating group) is 1. The minimum absolute atomic E-state index is 0.0996. The van der Waals surface area contributed by atoms with Crippen molar-refractivity contribution >= 4 is 11.6 Å².